The van der Waals surface area contributed by atoms with Gasteiger partial charge in [-0.3, -0.25) is 9.69 Å². The lowest BCUT2D eigenvalue weighted by atomic mass is 10.1. The fourth-order valence-electron chi connectivity index (χ4n) is 4.07. The van der Waals surface area contributed by atoms with Gasteiger partial charge < -0.3 is 14.4 Å². The van der Waals surface area contributed by atoms with Crippen molar-refractivity contribution in [3.63, 3.8) is 0 Å². The van der Waals surface area contributed by atoms with Crippen LogP contribution in [0.4, 0.5) is 5.69 Å². The van der Waals surface area contributed by atoms with Crippen molar-refractivity contribution in [1.29, 1.82) is 0 Å². The average Bonchev–Trinajstić information content (AvgIpc) is 3.19. The summed E-state index contributed by atoms with van der Waals surface area (Å²) in [5.74, 6) is 1.40. The number of carbonyl (C=O) groups excluding carboxylic acids is 1. The van der Waals surface area contributed by atoms with Gasteiger partial charge in [0.25, 0.3) is 5.91 Å². The number of nitrogens with zero attached hydrogens (tertiary/aromatic N) is 2. The first kappa shape index (κ1) is 20.4. The van der Waals surface area contributed by atoms with Crippen molar-refractivity contribution in [2.45, 2.75) is 12.5 Å². The molecule has 1 aromatic heterocycles. The number of anilines is 1. The number of amides is 1. The van der Waals surface area contributed by atoms with Crippen molar-refractivity contribution in [1.82, 2.24) is 4.90 Å². The highest BCUT2D eigenvalue weighted by molar-refractivity contribution is 7.17. The molecule has 0 radical (unpaired) electrons. The van der Waals surface area contributed by atoms with Crippen LogP contribution in [0.3, 0.4) is 0 Å². The van der Waals surface area contributed by atoms with Crippen LogP contribution in [-0.2, 0) is 6.42 Å². The van der Waals surface area contributed by atoms with Crippen LogP contribution in [0.5, 0.6) is 11.5 Å². The van der Waals surface area contributed by atoms with Crippen molar-refractivity contribution in [3.05, 3.63) is 64.0 Å². The third-order valence-corrected chi connectivity index (χ3v) is 7.23. The Labute approximate surface area is 190 Å². The summed E-state index contributed by atoms with van der Waals surface area (Å²) in [6.07, 6.45) is 1.00. The smallest absolute Gasteiger partial charge is 0.268 e. The number of rotatable bonds is 5. The highest BCUT2D eigenvalue weighted by Crippen LogP contribution is 2.39. The number of ether oxygens (including phenoxy) is 2. The second kappa shape index (κ2) is 8.19. The fraction of sp³-hybridized carbons (Fsp3) is 0.292. The summed E-state index contributed by atoms with van der Waals surface area (Å²) in [7, 11) is 3.70. The van der Waals surface area contributed by atoms with E-state index in [1.807, 2.05) is 47.4 Å². The number of hydrogen-bond acceptors (Lipinski definition) is 5. The quantitative estimate of drug-likeness (QED) is 0.545. The van der Waals surface area contributed by atoms with E-state index >= 15 is 0 Å². The standard InChI is InChI=1S/C24H23ClN2O3S/c1-26-13-19(14-26)30-20-8-7-18(12-21(20)29-2)27-10-9-16-11-22(31-23(16)24(27)28)15-3-5-17(25)6-4-15/h3-8,11-12,19H,9-10,13-14H2,1-2H3. The van der Waals surface area contributed by atoms with E-state index in [-0.39, 0.29) is 12.0 Å². The number of likely N-dealkylation sites (tertiary alicyclic amines) is 1. The first-order valence-corrected chi connectivity index (χ1v) is 11.4. The van der Waals surface area contributed by atoms with Crippen molar-refractivity contribution in [2.75, 3.05) is 38.7 Å². The zero-order chi connectivity index (χ0) is 21.5. The van der Waals surface area contributed by atoms with Crippen LogP contribution in [0.2, 0.25) is 5.02 Å². The summed E-state index contributed by atoms with van der Waals surface area (Å²) >= 11 is 7.55. The molecule has 0 N–H and O–H groups in total. The lowest BCUT2D eigenvalue weighted by Crippen LogP contribution is -2.51. The number of likely N-dealkylation sites (N-methyl/N-ethyl adjacent to an activating group) is 1. The Morgan fingerprint density at radius 2 is 1.84 bits per heavy atom. The normalized spacial score (nSPS) is 16.7. The third-order valence-electron chi connectivity index (χ3n) is 5.77. The molecule has 0 aliphatic carbocycles. The number of halogens is 1. The van der Waals surface area contributed by atoms with Gasteiger partial charge >= 0.3 is 0 Å². The minimum Gasteiger partial charge on any atom is -0.493 e. The minimum atomic E-state index is 0.0304. The maximum Gasteiger partial charge on any atom is 0.268 e. The van der Waals surface area contributed by atoms with Gasteiger partial charge in [-0.05, 0) is 54.9 Å². The zero-order valence-electron chi connectivity index (χ0n) is 17.4. The zero-order valence-corrected chi connectivity index (χ0v) is 19.0. The maximum atomic E-state index is 13.3. The summed E-state index contributed by atoms with van der Waals surface area (Å²) < 4.78 is 11.6. The first-order chi connectivity index (χ1) is 15.0. The SMILES string of the molecule is COc1cc(N2CCc3cc(-c4ccc(Cl)cc4)sc3C2=O)ccc1OC1CN(C)C1. The van der Waals surface area contributed by atoms with Gasteiger partial charge in [0.1, 0.15) is 6.10 Å². The first-order valence-electron chi connectivity index (χ1n) is 10.3. The predicted octanol–water partition coefficient (Wildman–Crippen LogP) is 4.97. The minimum absolute atomic E-state index is 0.0304. The van der Waals surface area contributed by atoms with E-state index < -0.39 is 0 Å². The molecule has 3 heterocycles. The lowest BCUT2D eigenvalue weighted by Gasteiger charge is -2.36. The number of benzene rings is 2. The number of thiophene rings is 1. The van der Waals surface area contributed by atoms with Gasteiger partial charge in [0.2, 0.25) is 0 Å². The van der Waals surface area contributed by atoms with Crippen LogP contribution in [0.15, 0.2) is 48.5 Å². The monoisotopic (exact) mass is 454 g/mol. The molecule has 0 spiro atoms. The summed E-state index contributed by atoms with van der Waals surface area (Å²) in [6, 6.07) is 15.6. The van der Waals surface area contributed by atoms with Crippen LogP contribution >= 0.6 is 22.9 Å². The predicted molar refractivity (Wildman–Crippen MR) is 125 cm³/mol. The van der Waals surface area contributed by atoms with Gasteiger partial charge in [-0.2, -0.15) is 0 Å². The Morgan fingerprint density at radius 1 is 1.06 bits per heavy atom. The van der Waals surface area contributed by atoms with Crippen molar-refractivity contribution in [3.8, 4) is 21.9 Å². The second-order valence-corrected chi connectivity index (χ2v) is 9.46. The Kier molecular flexibility index (Phi) is 5.38. The Bertz CT molecular complexity index is 1120. The molecule has 0 unspecified atom stereocenters. The maximum absolute atomic E-state index is 13.3. The molecule has 3 aromatic rings. The molecular weight excluding hydrogens is 432 g/mol. The second-order valence-electron chi connectivity index (χ2n) is 7.97. The average molecular weight is 455 g/mol. The number of fused-ring (bicyclic) bond motifs is 1. The van der Waals surface area contributed by atoms with E-state index in [1.54, 1.807) is 7.11 Å². The fourth-order valence-corrected chi connectivity index (χ4v) is 5.36. The van der Waals surface area contributed by atoms with Crippen molar-refractivity contribution >= 4 is 34.5 Å². The van der Waals surface area contributed by atoms with Crippen molar-refractivity contribution in [2.24, 2.45) is 0 Å². The molecule has 7 heteroatoms. The van der Waals surface area contributed by atoms with E-state index in [0.717, 1.165) is 51.8 Å². The Hall–Kier alpha value is -2.54. The molecule has 160 valence electrons. The molecule has 2 aliphatic heterocycles. The van der Waals surface area contributed by atoms with Gasteiger partial charge in [0.05, 0.1) is 12.0 Å². The molecule has 1 saturated heterocycles. The van der Waals surface area contributed by atoms with E-state index in [1.165, 1.54) is 11.3 Å². The molecule has 2 aromatic carbocycles. The van der Waals surface area contributed by atoms with Crippen LogP contribution in [-0.4, -0.2) is 50.7 Å². The van der Waals surface area contributed by atoms with Gasteiger partial charge in [-0.1, -0.05) is 23.7 Å². The van der Waals surface area contributed by atoms with Crippen molar-refractivity contribution < 1.29 is 14.3 Å². The number of methoxy groups -OCH3 is 1. The molecule has 5 rings (SSSR count). The van der Waals surface area contributed by atoms with Crippen LogP contribution in [0.1, 0.15) is 15.2 Å². The van der Waals surface area contributed by atoms with Gasteiger partial charge in [-0.25, -0.2) is 0 Å². The summed E-state index contributed by atoms with van der Waals surface area (Å²) in [5.41, 5.74) is 3.01. The molecule has 2 aliphatic rings. The number of hydrogen-bond donors (Lipinski definition) is 0. The summed E-state index contributed by atoms with van der Waals surface area (Å²) in [5, 5.41) is 0.707. The molecule has 0 atom stereocenters. The Balaban J connectivity index is 1.38. The van der Waals surface area contributed by atoms with Gasteiger partial charge in [0.15, 0.2) is 11.5 Å². The number of carbonyl (C=O) groups is 1. The van der Waals surface area contributed by atoms with E-state index in [9.17, 15) is 4.79 Å². The highest BCUT2D eigenvalue weighted by Gasteiger charge is 2.30. The largest absolute Gasteiger partial charge is 0.493 e. The summed E-state index contributed by atoms with van der Waals surface area (Å²) in [6.45, 7) is 2.46. The van der Waals surface area contributed by atoms with Gasteiger partial charge in [-0.15, -0.1) is 11.3 Å². The van der Waals surface area contributed by atoms with Crippen LogP contribution in [0.25, 0.3) is 10.4 Å². The molecule has 1 amide bonds. The van der Waals surface area contributed by atoms with E-state index in [4.69, 9.17) is 21.1 Å². The molecule has 31 heavy (non-hydrogen) atoms. The Morgan fingerprint density at radius 3 is 2.55 bits per heavy atom. The summed E-state index contributed by atoms with van der Waals surface area (Å²) in [4.78, 5) is 19.2. The topological polar surface area (TPSA) is 42.0 Å². The molecular formula is C24H23ClN2O3S. The highest BCUT2D eigenvalue weighted by atomic mass is 35.5. The third kappa shape index (κ3) is 3.91. The molecule has 0 bridgehead atoms. The molecule has 0 saturated carbocycles. The molecule has 5 nitrogen and oxygen atoms in total. The van der Waals surface area contributed by atoms with Crippen LogP contribution in [0, 0.1) is 0 Å². The van der Waals surface area contributed by atoms with Crippen LogP contribution < -0.4 is 14.4 Å². The lowest BCUT2D eigenvalue weighted by molar-refractivity contribution is 0.0370. The molecule has 1 fully saturated rings. The van der Waals surface area contributed by atoms with Gasteiger partial charge in [0, 0.05) is 41.3 Å². The van der Waals surface area contributed by atoms with E-state index in [0.29, 0.717) is 17.3 Å². The van der Waals surface area contributed by atoms with E-state index in [2.05, 4.69) is 18.0 Å².